The van der Waals surface area contributed by atoms with E-state index in [1.165, 1.54) is 5.56 Å². The number of benzene rings is 1. The van der Waals surface area contributed by atoms with E-state index in [0.717, 1.165) is 63.8 Å². The van der Waals surface area contributed by atoms with Gasteiger partial charge in [-0.05, 0) is 43.7 Å². The summed E-state index contributed by atoms with van der Waals surface area (Å²) in [4.78, 5) is 7.12. The maximum Gasteiger partial charge on any atom is 0.194 e. The van der Waals surface area contributed by atoms with Crippen LogP contribution in [-0.4, -0.2) is 70.1 Å². The minimum absolute atomic E-state index is 0.349. The number of methoxy groups -OCH3 is 1. The molecular formula is C23H39N3O3. The highest BCUT2D eigenvalue weighted by atomic mass is 16.5. The van der Waals surface area contributed by atoms with Crippen molar-refractivity contribution in [2.24, 2.45) is 4.99 Å². The molecule has 0 spiro atoms. The summed E-state index contributed by atoms with van der Waals surface area (Å²) in [6, 6.07) is 8.26. The quantitative estimate of drug-likeness (QED) is 0.346. The molecule has 0 radical (unpaired) electrons. The van der Waals surface area contributed by atoms with Crippen molar-refractivity contribution in [3.63, 3.8) is 0 Å². The van der Waals surface area contributed by atoms with Gasteiger partial charge in [0.2, 0.25) is 0 Å². The number of rotatable bonds is 11. The van der Waals surface area contributed by atoms with Gasteiger partial charge in [0.15, 0.2) is 5.96 Å². The Hall–Kier alpha value is -1.79. The lowest BCUT2D eigenvalue weighted by Crippen LogP contribution is -2.47. The van der Waals surface area contributed by atoms with Gasteiger partial charge < -0.3 is 24.4 Å². The highest BCUT2D eigenvalue weighted by Gasteiger charge is 2.21. The molecule has 0 saturated carbocycles. The molecule has 1 fully saturated rings. The van der Waals surface area contributed by atoms with E-state index in [-0.39, 0.29) is 0 Å². The summed E-state index contributed by atoms with van der Waals surface area (Å²) in [6.07, 6.45) is 3.38. The molecule has 1 saturated heterocycles. The molecule has 0 amide bonds. The van der Waals surface area contributed by atoms with Crippen molar-refractivity contribution in [1.82, 2.24) is 10.2 Å². The van der Waals surface area contributed by atoms with E-state index in [1.807, 2.05) is 12.1 Å². The van der Waals surface area contributed by atoms with Crippen molar-refractivity contribution in [2.45, 2.75) is 52.1 Å². The molecule has 164 valence electrons. The number of para-hydroxylation sites is 1. The first kappa shape index (κ1) is 23.5. The molecular weight excluding hydrogens is 366 g/mol. The number of nitrogens with zero attached hydrogens (tertiary/aromatic N) is 2. The van der Waals surface area contributed by atoms with Crippen LogP contribution in [0.3, 0.4) is 0 Å². The number of hydrogen-bond acceptors (Lipinski definition) is 4. The summed E-state index contributed by atoms with van der Waals surface area (Å²) in [7, 11) is 1.73. The first-order chi connectivity index (χ1) is 14.2. The van der Waals surface area contributed by atoms with Crippen LogP contribution in [0, 0.1) is 0 Å². The lowest BCUT2D eigenvalue weighted by atomic mass is 10.0. The SMILES string of the molecule is CCNC(=NCCOc1ccccc1C(C)C)N1CCC(OCCCOC)CC1. The van der Waals surface area contributed by atoms with Crippen molar-refractivity contribution in [1.29, 1.82) is 0 Å². The Morgan fingerprint density at radius 3 is 2.62 bits per heavy atom. The third kappa shape index (κ3) is 8.23. The second kappa shape index (κ2) is 13.4. The van der Waals surface area contributed by atoms with Crippen LogP contribution in [0.1, 0.15) is 51.5 Å². The predicted molar refractivity (Wildman–Crippen MR) is 119 cm³/mol. The van der Waals surface area contributed by atoms with Gasteiger partial charge in [-0.25, -0.2) is 4.99 Å². The Balaban J connectivity index is 1.78. The molecule has 1 heterocycles. The number of piperidine rings is 1. The molecule has 0 bridgehead atoms. The molecule has 1 aliphatic rings. The van der Waals surface area contributed by atoms with Crippen molar-refractivity contribution in [2.75, 3.05) is 53.1 Å². The van der Waals surface area contributed by atoms with E-state index in [0.29, 0.717) is 25.2 Å². The zero-order valence-electron chi connectivity index (χ0n) is 18.7. The Bertz CT molecular complexity index is 599. The normalized spacial score (nSPS) is 15.8. The molecule has 1 aromatic carbocycles. The molecule has 0 atom stereocenters. The molecule has 1 aliphatic heterocycles. The average Bonchev–Trinajstić information content (AvgIpc) is 2.74. The van der Waals surface area contributed by atoms with Crippen molar-refractivity contribution in [3.05, 3.63) is 29.8 Å². The summed E-state index contributed by atoms with van der Waals surface area (Å²) < 4.78 is 17.1. The van der Waals surface area contributed by atoms with Crippen LogP contribution in [-0.2, 0) is 9.47 Å². The van der Waals surface area contributed by atoms with Crippen LogP contribution in [0.2, 0.25) is 0 Å². The number of likely N-dealkylation sites (tertiary alicyclic amines) is 1. The van der Waals surface area contributed by atoms with Crippen LogP contribution in [0.4, 0.5) is 0 Å². The zero-order valence-corrected chi connectivity index (χ0v) is 18.7. The van der Waals surface area contributed by atoms with Crippen LogP contribution in [0.25, 0.3) is 0 Å². The van der Waals surface area contributed by atoms with Crippen LogP contribution in [0.15, 0.2) is 29.3 Å². The summed E-state index contributed by atoms with van der Waals surface area (Å²) in [6.45, 7) is 12.1. The second-order valence-corrected chi connectivity index (χ2v) is 7.68. The van der Waals surface area contributed by atoms with Gasteiger partial charge >= 0.3 is 0 Å². The largest absolute Gasteiger partial charge is 0.491 e. The van der Waals surface area contributed by atoms with Crippen molar-refractivity contribution in [3.8, 4) is 5.75 Å². The monoisotopic (exact) mass is 405 g/mol. The highest BCUT2D eigenvalue weighted by Crippen LogP contribution is 2.25. The van der Waals surface area contributed by atoms with Gasteiger partial charge in [-0.2, -0.15) is 0 Å². The molecule has 1 N–H and O–H groups in total. The molecule has 1 aromatic rings. The van der Waals surface area contributed by atoms with Gasteiger partial charge in [-0.15, -0.1) is 0 Å². The van der Waals surface area contributed by atoms with Crippen molar-refractivity contribution >= 4 is 5.96 Å². The summed E-state index contributed by atoms with van der Waals surface area (Å²) in [5.41, 5.74) is 1.25. The Morgan fingerprint density at radius 2 is 1.93 bits per heavy atom. The fourth-order valence-corrected chi connectivity index (χ4v) is 3.51. The molecule has 0 aliphatic carbocycles. The molecule has 0 unspecified atom stereocenters. The maximum absolute atomic E-state index is 6.01. The van der Waals surface area contributed by atoms with E-state index in [2.05, 4.69) is 43.1 Å². The van der Waals surface area contributed by atoms with E-state index >= 15 is 0 Å². The first-order valence-electron chi connectivity index (χ1n) is 11.0. The topological polar surface area (TPSA) is 55.3 Å². The lowest BCUT2D eigenvalue weighted by molar-refractivity contribution is 0.00989. The summed E-state index contributed by atoms with van der Waals surface area (Å²) in [5, 5.41) is 3.42. The van der Waals surface area contributed by atoms with Crippen LogP contribution >= 0.6 is 0 Å². The molecule has 2 rings (SSSR count). The van der Waals surface area contributed by atoms with Crippen molar-refractivity contribution < 1.29 is 14.2 Å². The molecule has 6 heteroatoms. The number of aliphatic imine (C=N–C) groups is 1. The minimum atomic E-state index is 0.349. The third-order valence-electron chi connectivity index (χ3n) is 5.07. The molecule has 0 aromatic heterocycles. The van der Waals surface area contributed by atoms with Gasteiger partial charge in [0.25, 0.3) is 0 Å². The van der Waals surface area contributed by atoms with Gasteiger partial charge in [0.1, 0.15) is 12.4 Å². The van der Waals surface area contributed by atoms with Gasteiger partial charge in [0.05, 0.1) is 12.6 Å². The zero-order chi connectivity index (χ0) is 20.9. The Labute approximate surface area is 176 Å². The van der Waals surface area contributed by atoms with E-state index in [4.69, 9.17) is 19.2 Å². The number of hydrogen-bond donors (Lipinski definition) is 1. The Kier molecular flexibility index (Phi) is 10.9. The average molecular weight is 406 g/mol. The number of ether oxygens (including phenoxy) is 3. The molecule has 6 nitrogen and oxygen atoms in total. The summed E-state index contributed by atoms with van der Waals surface area (Å²) >= 11 is 0. The van der Waals surface area contributed by atoms with E-state index < -0.39 is 0 Å². The minimum Gasteiger partial charge on any atom is -0.491 e. The highest BCUT2D eigenvalue weighted by molar-refractivity contribution is 5.80. The van der Waals surface area contributed by atoms with Crippen LogP contribution < -0.4 is 10.1 Å². The standard InChI is InChI=1S/C23H39N3O3/c1-5-24-23(26-14-11-20(12-15-26)28-17-8-16-27-4)25-13-18-29-22-10-7-6-9-21(22)19(2)3/h6-7,9-10,19-20H,5,8,11-18H2,1-4H3,(H,24,25). The fourth-order valence-electron chi connectivity index (χ4n) is 3.51. The lowest BCUT2D eigenvalue weighted by Gasteiger charge is -2.34. The Morgan fingerprint density at radius 1 is 1.17 bits per heavy atom. The molecule has 29 heavy (non-hydrogen) atoms. The van der Waals surface area contributed by atoms with Crippen LogP contribution in [0.5, 0.6) is 5.75 Å². The van der Waals surface area contributed by atoms with Gasteiger partial charge in [0, 0.05) is 40.0 Å². The predicted octanol–water partition coefficient (Wildman–Crippen LogP) is 3.67. The number of guanidine groups is 1. The smallest absolute Gasteiger partial charge is 0.194 e. The second-order valence-electron chi connectivity index (χ2n) is 7.68. The fraction of sp³-hybridized carbons (Fsp3) is 0.696. The van der Waals surface area contributed by atoms with E-state index in [9.17, 15) is 0 Å². The first-order valence-corrected chi connectivity index (χ1v) is 11.0. The maximum atomic E-state index is 6.01. The third-order valence-corrected chi connectivity index (χ3v) is 5.07. The summed E-state index contributed by atoms with van der Waals surface area (Å²) in [5.74, 6) is 2.39. The van der Waals surface area contributed by atoms with E-state index in [1.54, 1.807) is 7.11 Å². The van der Waals surface area contributed by atoms with Gasteiger partial charge in [-0.1, -0.05) is 32.0 Å². The van der Waals surface area contributed by atoms with Gasteiger partial charge in [-0.3, -0.25) is 0 Å². The number of nitrogens with one attached hydrogen (secondary N) is 1.